The molecule has 180 valence electrons. The van der Waals surface area contributed by atoms with Crippen molar-refractivity contribution in [2.24, 2.45) is 5.73 Å². The van der Waals surface area contributed by atoms with Crippen LogP contribution in [0.3, 0.4) is 0 Å². The number of carbonyl (C=O) groups is 1. The summed E-state index contributed by atoms with van der Waals surface area (Å²) >= 11 is 8.27. The molecule has 0 fully saturated rings. The van der Waals surface area contributed by atoms with Gasteiger partial charge in [-0.15, -0.1) is 12.4 Å². The number of amidine groups is 1. The minimum Gasteiger partial charge on any atom is -0.548 e. The van der Waals surface area contributed by atoms with Crippen LogP contribution in [0.25, 0.3) is 0 Å². The smallest absolute Gasteiger partial charge is 0.138 e. The number of nitrogens with two attached hydrogens (primary N) is 1. The summed E-state index contributed by atoms with van der Waals surface area (Å²) in [4.78, 5) is 12.0. The zero-order valence-electron chi connectivity index (χ0n) is 17.9. The molecule has 0 radical (unpaired) electrons. The minimum atomic E-state index is -1.34. The second-order valence-corrected chi connectivity index (χ2v) is 8.68. The number of carboxylic acids is 1. The van der Waals surface area contributed by atoms with Gasteiger partial charge in [0.1, 0.15) is 18.2 Å². The normalized spacial score (nSPS) is 11.2. The van der Waals surface area contributed by atoms with E-state index in [0.717, 1.165) is 5.56 Å². The number of rotatable bonds is 11. The van der Waals surface area contributed by atoms with E-state index in [4.69, 9.17) is 32.2 Å². The first kappa shape index (κ1) is 27.7. The van der Waals surface area contributed by atoms with Gasteiger partial charge in [0.25, 0.3) is 0 Å². The van der Waals surface area contributed by atoms with Crippen molar-refractivity contribution in [1.82, 2.24) is 0 Å². The Labute approximate surface area is 222 Å². The average molecular weight is 615 g/mol. The predicted molar refractivity (Wildman–Crippen MR) is 142 cm³/mol. The summed E-state index contributed by atoms with van der Waals surface area (Å²) in [6.07, 6.45) is 0. The first-order valence-electron chi connectivity index (χ1n) is 10.0. The van der Waals surface area contributed by atoms with Gasteiger partial charge in [0.05, 0.1) is 28.8 Å². The lowest BCUT2D eigenvalue weighted by atomic mass is 10.0. The average Bonchev–Trinajstić information content (AvgIpc) is 2.79. The third kappa shape index (κ3) is 7.76. The zero-order chi connectivity index (χ0) is 23.8. The molecular weight excluding hydrogens is 592 g/mol. The summed E-state index contributed by atoms with van der Waals surface area (Å²) in [5, 5.41) is 22.8. The van der Waals surface area contributed by atoms with Crippen LogP contribution in [-0.2, 0) is 16.1 Å². The quantitative estimate of drug-likeness (QED) is 0.129. The highest BCUT2D eigenvalue weighted by Gasteiger charge is 2.21. The fraction of sp³-hybridized carbons (Fsp3) is 0.167. The van der Waals surface area contributed by atoms with E-state index in [1.54, 1.807) is 36.4 Å². The Morgan fingerprint density at radius 2 is 1.79 bits per heavy atom. The number of carboxylic acid groups (broad SMARTS) is 1. The van der Waals surface area contributed by atoms with Gasteiger partial charge in [-0.1, -0.05) is 41.9 Å². The van der Waals surface area contributed by atoms with Crippen molar-refractivity contribution in [2.75, 3.05) is 18.5 Å². The number of hydrogen-bond donors (Lipinski definition) is 3. The van der Waals surface area contributed by atoms with Gasteiger partial charge < -0.3 is 30.4 Å². The lowest BCUT2D eigenvalue weighted by Gasteiger charge is -2.25. The maximum Gasteiger partial charge on any atom is 0.138 e. The number of anilines is 1. The van der Waals surface area contributed by atoms with E-state index in [0.29, 0.717) is 44.4 Å². The Bertz CT molecular complexity index is 1120. The van der Waals surface area contributed by atoms with Crippen molar-refractivity contribution >= 4 is 64.1 Å². The third-order valence-electron chi connectivity index (χ3n) is 4.68. The van der Waals surface area contributed by atoms with E-state index < -0.39 is 12.0 Å². The molecule has 3 aromatic carbocycles. The number of aliphatic carboxylic acids is 1. The van der Waals surface area contributed by atoms with Crippen LogP contribution < -0.4 is 20.9 Å². The molecule has 0 saturated heterocycles. The summed E-state index contributed by atoms with van der Waals surface area (Å²) in [6, 6.07) is 18.3. The van der Waals surface area contributed by atoms with E-state index in [2.05, 4.69) is 27.9 Å². The van der Waals surface area contributed by atoms with Crippen molar-refractivity contribution in [3.63, 3.8) is 0 Å². The van der Waals surface area contributed by atoms with Crippen molar-refractivity contribution < 1.29 is 19.4 Å². The van der Waals surface area contributed by atoms with E-state index >= 15 is 0 Å². The molecule has 7 nitrogen and oxygen atoms in total. The van der Waals surface area contributed by atoms with Gasteiger partial charge in [0, 0.05) is 21.8 Å². The van der Waals surface area contributed by atoms with Gasteiger partial charge in [0.2, 0.25) is 0 Å². The van der Waals surface area contributed by atoms with Crippen molar-refractivity contribution in [1.29, 1.82) is 5.41 Å². The lowest BCUT2D eigenvalue weighted by Crippen LogP contribution is -2.34. The Hall–Kier alpha value is -2.53. The van der Waals surface area contributed by atoms with E-state index in [1.165, 1.54) is 0 Å². The zero-order valence-corrected chi connectivity index (χ0v) is 21.7. The predicted octanol–water partition coefficient (Wildman–Crippen LogP) is 4.15. The molecule has 34 heavy (non-hydrogen) atoms. The molecule has 0 aliphatic carbocycles. The molecule has 0 saturated carbocycles. The Balaban J connectivity index is 0.00000408. The topological polar surface area (TPSA) is 120 Å². The van der Waals surface area contributed by atoms with Crippen LogP contribution in [0.15, 0.2) is 66.7 Å². The maximum atomic E-state index is 12.0. The molecule has 0 aliphatic heterocycles. The molecule has 3 aromatic rings. The number of nitrogens with one attached hydrogen (secondary N) is 2. The van der Waals surface area contributed by atoms with Crippen LogP contribution in [0.2, 0.25) is 5.02 Å². The lowest BCUT2D eigenvalue weighted by molar-refractivity contribution is -0.307. The number of carbonyl (C=O) groups excluding carboxylic acids is 1. The van der Waals surface area contributed by atoms with Crippen LogP contribution in [0.5, 0.6) is 5.75 Å². The van der Waals surface area contributed by atoms with Gasteiger partial charge in [-0.25, -0.2) is 0 Å². The molecular formula is C24H23Cl2IN3O4-. The van der Waals surface area contributed by atoms with Crippen LogP contribution >= 0.6 is 46.6 Å². The molecule has 0 aromatic heterocycles. The SMILES string of the molecule is Cl.N=C(N)c1ccc(NC(C(=O)[O-])c2cc(Cl)cc(I)c2OCCOCc2ccccc2)cc1. The van der Waals surface area contributed by atoms with Gasteiger partial charge in [0.15, 0.2) is 0 Å². The van der Waals surface area contributed by atoms with Crippen molar-refractivity contribution in [3.8, 4) is 5.75 Å². The van der Waals surface area contributed by atoms with E-state index in [1.807, 2.05) is 30.3 Å². The Morgan fingerprint density at radius 1 is 1.12 bits per heavy atom. The number of halogens is 3. The highest BCUT2D eigenvalue weighted by Crippen LogP contribution is 2.35. The first-order valence-corrected chi connectivity index (χ1v) is 11.5. The molecule has 3 rings (SSSR count). The molecule has 4 N–H and O–H groups in total. The van der Waals surface area contributed by atoms with Crippen LogP contribution in [0, 0.1) is 8.98 Å². The third-order valence-corrected chi connectivity index (χ3v) is 5.70. The maximum absolute atomic E-state index is 12.0. The molecule has 0 amide bonds. The van der Waals surface area contributed by atoms with Gasteiger partial charge in [-0.05, 0) is 64.6 Å². The Morgan fingerprint density at radius 3 is 2.41 bits per heavy atom. The summed E-state index contributed by atoms with van der Waals surface area (Å²) in [6.45, 7) is 1.00. The molecule has 0 bridgehead atoms. The van der Waals surface area contributed by atoms with E-state index in [9.17, 15) is 9.90 Å². The molecule has 0 spiro atoms. The highest BCUT2D eigenvalue weighted by atomic mass is 127. The fourth-order valence-corrected chi connectivity index (χ4v) is 4.30. The van der Waals surface area contributed by atoms with Crippen molar-refractivity contribution in [2.45, 2.75) is 12.6 Å². The van der Waals surface area contributed by atoms with Crippen molar-refractivity contribution in [3.05, 3.63) is 92.0 Å². The summed E-state index contributed by atoms with van der Waals surface area (Å²) in [5.41, 5.74) is 7.91. The van der Waals surface area contributed by atoms with Gasteiger partial charge in [-0.3, -0.25) is 5.41 Å². The van der Waals surface area contributed by atoms with Crippen LogP contribution in [0.1, 0.15) is 22.7 Å². The highest BCUT2D eigenvalue weighted by molar-refractivity contribution is 14.1. The Kier molecular flexibility index (Phi) is 10.9. The largest absolute Gasteiger partial charge is 0.548 e. The standard InChI is InChI=1S/C24H23ClIN3O4.ClH/c25-17-12-19(21(24(30)31)29-18-8-6-16(7-9-18)23(27)28)22(20(26)13-17)33-11-10-32-14-15-4-2-1-3-5-15;/h1-9,12-13,21,29H,10-11,14H2,(H3,27,28)(H,30,31);1H/p-1. The van der Waals surface area contributed by atoms with E-state index in [-0.39, 0.29) is 24.8 Å². The number of ether oxygens (including phenoxy) is 2. The van der Waals surface area contributed by atoms with Gasteiger partial charge in [-0.2, -0.15) is 0 Å². The molecule has 0 aliphatic rings. The molecule has 1 atom stereocenters. The van der Waals surface area contributed by atoms with Crippen LogP contribution in [-0.4, -0.2) is 25.0 Å². The molecule has 1 unspecified atom stereocenters. The number of hydrogen-bond acceptors (Lipinski definition) is 6. The monoisotopic (exact) mass is 614 g/mol. The van der Waals surface area contributed by atoms with Gasteiger partial charge >= 0.3 is 0 Å². The second-order valence-electron chi connectivity index (χ2n) is 7.08. The summed E-state index contributed by atoms with van der Waals surface area (Å²) < 4.78 is 12.2. The molecule has 0 heterocycles. The fourth-order valence-electron chi connectivity index (χ4n) is 3.09. The second kappa shape index (κ2) is 13.4. The van der Waals surface area contributed by atoms with Crippen LogP contribution in [0.4, 0.5) is 5.69 Å². The summed E-state index contributed by atoms with van der Waals surface area (Å²) in [5.74, 6) is -1.02. The minimum absolute atomic E-state index is 0. The number of benzene rings is 3. The first-order chi connectivity index (χ1) is 15.8. The summed E-state index contributed by atoms with van der Waals surface area (Å²) in [7, 11) is 0. The molecule has 10 heteroatoms. The number of nitrogen functional groups attached to an aromatic ring is 1.